The minimum Gasteiger partial charge on any atom is -0.462 e. The smallest absolute Gasteiger partial charge is 0.462 e. The van der Waals surface area contributed by atoms with Crippen molar-refractivity contribution in [3.05, 3.63) is 109 Å². The average Bonchev–Trinajstić information content (AvgIpc) is 0.916. The van der Waals surface area contributed by atoms with Crippen molar-refractivity contribution in [3.63, 3.8) is 0 Å². The highest BCUT2D eigenvalue weighted by atomic mass is 31.2. The highest BCUT2D eigenvalue weighted by Gasteiger charge is 2.30. The Hall–Kier alpha value is -4.12. The summed E-state index contributed by atoms with van der Waals surface area (Å²) in [6.07, 6.45) is 82.6. The summed E-state index contributed by atoms with van der Waals surface area (Å²) >= 11 is 0. The average molecular weight is 1480 g/mol. The number of hydrogen-bond donors (Lipinski definition) is 3. The number of aliphatic hydroxyl groups excluding tert-OH is 1. The van der Waals surface area contributed by atoms with Gasteiger partial charge >= 0.3 is 33.6 Å². The van der Waals surface area contributed by atoms with Crippen molar-refractivity contribution >= 4 is 39.8 Å². The molecule has 0 spiro atoms. The summed E-state index contributed by atoms with van der Waals surface area (Å²) in [5.41, 5.74) is 0. The maximum atomic E-state index is 13.1. The molecule has 0 aromatic carbocycles. The fraction of sp³-hybridized carbons (Fsp3) is 0.735. The maximum Gasteiger partial charge on any atom is 0.472 e. The third-order valence-electron chi connectivity index (χ3n) is 16.7. The van der Waals surface area contributed by atoms with Crippen molar-refractivity contribution in [3.8, 4) is 0 Å². The van der Waals surface area contributed by atoms with E-state index in [1.807, 2.05) is 6.08 Å². The van der Waals surface area contributed by atoms with Crippen LogP contribution in [0, 0.1) is 0 Å². The van der Waals surface area contributed by atoms with Gasteiger partial charge in [0.1, 0.15) is 25.1 Å². The molecule has 2 unspecified atom stereocenters. The molecule has 3 N–H and O–H groups in total. The van der Waals surface area contributed by atoms with Gasteiger partial charge in [-0.3, -0.25) is 32.5 Å². The van der Waals surface area contributed by atoms with Gasteiger partial charge in [-0.1, -0.05) is 259 Å². The van der Waals surface area contributed by atoms with E-state index < -0.39 is 84.9 Å². The van der Waals surface area contributed by atoms with Crippen molar-refractivity contribution in [1.29, 1.82) is 0 Å². The van der Waals surface area contributed by atoms with E-state index in [4.69, 9.17) is 37.0 Å². The first kappa shape index (κ1) is 97.9. The first-order valence-corrected chi connectivity index (χ1v) is 43.1. The minimum absolute atomic E-state index is 0.0823. The number of allylic oxidation sites excluding steroid dienone is 18. The number of rotatable bonds is 77. The zero-order valence-corrected chi connectivity index (χ0v) is 65.8. The van der Waals surface area contributed by atoms with Gasteiger partial charge in [0.05, 0.1) is 33.0 Å². The first-order chi connectivity index (χ1) is 49.8. The Balaban J connectivity index is 5.36. The number of unbranched alkanes of at least 4 members (excludes halogenated alkanes) is 33. The van der Waals surface area contributed by atoms with Crippen LogP contribution in [0.2, 0.25) is 0 Å². The number of aliphatic hydroxyl groups is 1. The van der Waals surface area contributed by atoms with Crippen LogP contribution in [-0.2, 0) is 65.4 Å². The molecule has 0 heterocycles. The molecule has 0 saturated carbocycles. The summed E-state index contributed by atoms with van der Waals surface area (Å²) in [4.78, 5) is 70.6. The Labute approximate surface area is 619 Å². The Kier molecular flexibility index (Phi) is 73.4. The van der Waals surface area contributed by atoms with Crippen molar-refractivity contribution in [2.75, 3.05) is 46.2 Å². The molecular weight excluding hydrogens is 1330 g/mol. The van der Waals surface area contributed by atoms with Crippen LogP contribution in [0.1, 0.15) is 329 Å². The fourth-order valence-corrected chi connectivity index (χ4v) is 12.1. The van der Waals surface area contributed by atoms with Crippen LogP contribution in [0.15, 0.2) is 109 Å². The van der Waals surface area contributed by atoms with Crippen molar-refractivity contribution < 1.29 is 80.2 Å². The van der Waals surface area contributed by atoms with Crippen LogP contribution in [0.3, 0.4) is 0 Å². The topological polar surface area (TPSA) is 237 Å². The lowest BCUT2D eigenvalue weighted by Crippen LogP contribution is -2.30. The van der Waals surface area contributed by atoms with Crippen molar-refractivity contribution in [2.24, 2.45) is 0 Å². The molecule has 0 aliphatic rings. The molecule has 19 heteroatoms. The Morgan fingerprint density at radius 1 is 0.324 bits per heavy atom. The highest BCUT2D eigenvalue weighted by Crippen LogP contribution is 2.45. The van der Waals surface area contributed by atoms with E-state index in [1.54, 1.807) is 0 Å². The molecule has 0 saturated heterocycles. The van der Waals surface area contributed by atoms with E-state index in [9.17, 15) is 43.2 Å². The summed E-state index contributed by atoms with van der Waals surface area (Å²) in [5, 5.41) is 10.6. The molecule has 0 rings (SSSR count). The number of phosphoric acid groups is 2. The molecule has 0 aromatic rings. The van der Waals surface area contributed by atoms with Crippen LogP contribution in [0.25, 0.3) is 0 Å². The van der Waals surface area contributed by atoms with E-state index in [0.29, 0.717) is 38.7 Å². The Morgan fingerprint density at radius 3 is 1.04 bits per heavy atom. The summed E-state index contributed by atoms with van der Waals surface area (Å²) < 4.78 is 69.2. The number of aldehydes is 1. The molecule has 0 bridgehead atoms. The van der Waals surface area contributed by atoms with Crippen molar-refractivity contribution in [2.45, 2.75) is 347 Å². The van der Waals surface area contributed by atoms with Gasteiger partial charge < -0.3 is 38.6 Å². The summed E-state index contributed by atoms with van der Waals surface area (Å²) in [7, 11) is -9.87. The van der Waals surface area contributed by atoms with Crippen LogP contribution < -0.4 is 0 Å². The van der Waals surface area contributed by atoms with Crippen LogP contribution >= 0.6 is 15.6 Å². The van der Waals surface area contributed by atoms with Gasteiger partial charge in [-0.2, -0.15) is 0 Å². The quantitative estimate of drug-likeness (QED) is 0.00976. The van der Waals surface area contributed by atoms with Gasteiger partial charge in [0.2, 0.25) is 0 Å². The van der Waals surface area contributed by atoms with Gasteiger partial charge in [0.15, 0.2) is 6.10 Å². The van der Waals surface area contributed by atoms with Gasteiger partial charge in [0, 0.05) is 32.3 Å². The monoisotopic (exact) mass is 1470 g/mol. The second-order valence-electron chi connectivity index (χ2n) is 26.6. The molecule has 0 aliphatic heterocycles. The van der Waals surface area contributed by atoms with E-state index in [0.717, 1.165) is 180 Å². The van der Waals surface area contributed by atoms with Gasteiger partial charge in [0.25, 0.3) is 0 Å². The minimum atomic E-state index is -4.96. The number of carbonyl (C=O) groups excluding carboxylic acids is 4. The number of hydrogen-bond acceptors (Lipinski definition) is 15. The predicted octanol–water partition coefficient (Wildman–Crippen LogP) is 23.0. The molecule has 5 atom stereocenters. The van der Waals surface area contributed by atoms with E-state index in [-0.39, 0.29) is 25.9 Å². The van der Waals surface area contributed by atoms with Gasteiger partial charge in [-0.25, -0.2) is 9.13 Å². The standard InChI is InChI=1S/C83H144O17P2/c1-4-7-10-13-16-19-22-25-28-29-34-39-44-48-53-58-63-68-82(87)99-79(74-93-71-66-61-56-51-46-41-36-31-30-35-40-45-50-55-60-65-70-84)76-97-101(89,90)95-72-78(85)73-96-102(91,92)98-77-80(100-83(88)69-64-59-54-49-43-38-33-27-24-21-18-15-12-9-6-3)75-94-81(86)67-62-57-52-47-42-37-32-26-23-20-17-14-11-8-5-2/h16-17,19-21,24-28,30,32-35,39,48,53,70,78-80,85H,4-15,18,22-23,29,31,36-38,40-47,49-52,54-69,71-77H2,1-3H3,(H,89,90)(H,91,92)/b19-16-,20-17-,24-21-,28-25-,32-26-,33-27-,35-30-,39-34-,53-48-/t78-,79-,80-/m1/s1. The predicted molar refractivity (Wildman–Crippen MR) is 418 cm³/mol. The lowest BCUT2D eigenvalue weighted by Gasteiger charge is -2.21. The van der Waals surface area contributed by atoms with Gasteiger partial charge in [-0.15, -0.1) is 0 Å². The molecule has 0 radical (unpaired) electrons. The highest BCUT2D eigenvalue weighted by molar-refractivity contribution is 7.47. The second-order valence-corrected chi connectivity index (χ2v) is 29.5. The largest absolute Gasteiger partial charge is 0.472 e. The van der Waals surface area contributed by atoms with E-state index in [1.165, 1.54) is 83.5 Å². The summed E-state index contributed by atoms with van der Waals surface area (Å²) in [6, 6.07) is 0. The Morgan fingerprint density at radius 2 is 0.618 bits per heavy atom. The lowest BCUT2D eigenvalue weighted by molar-refractivity contribution is -0.161. The van der Waals surface area contributed by atoms with Crippen LogP contribution in [-0.4, -0.2) is 104 Å². The number of ether oxygens (including phenoxy) is 4. The molecule has 0 fully saturated rings. The maximum absolute atomic E-state index is 13.1. The number of phosphoric ester groups is 2. The van der Waals surface area contributed by atoms with E-state index >= 15 is 0 Å². The zero-order chi connectivity index (χ0) is 74.4. The Bertz CT molecular complexity index is 2330. The third-order valence-corrected chi connectivity index (χ3v) is 18.6. The lowest BCUT2D eigenvalue weighted by atomic mass is 10.1. The molecule has 0 aliphatic carbocycles. The normalized spacial score (nSPS) is 14.5. The molecule has 102 heavy (non-hydrogen) atoms. The fourth-order valence-electron chi connectivity index (χ4n) is 10.6. The molecular formula is C83H144O17P2. The molecule has 0 amide bonds. The van der Waals surface area contributed by atoms with Crippen LogP contribution in [0.4, 0.5) is 0 Å². The molecule has 17 nitrogen and oxygen atoms in total. The van der Waals surface area contributed by atoms with Crippen molar-refractivity contribution in [1.82, 2.24) is 0 Å². The summed E-state index contributed by atoms with van der Waals surface area (Å²) in [6.45, 7) is 3.49. The first-order valence-electron chi connectivity index (χ1n) is 40.1. The summed E-state index contributed by atoms with van der Waals surface area (Å²) in [5.74, 6) is -1.62. The van der Waals surface area contributed by atoms with Crippen LogP contribution in [0.5, 0.6) is 0 Å². The number of carbonyl (C=O) groups is 4. The second kappa shape index (κ2) is 76.5. The third kappa shape index (κ3) is 75.6. The number of esters is 3. The molecule has 588 valence electrons. The zero-order valence-electron chi connectivity index (χ0n) is 64.0. The SMILES string of the molecule is CCCCC/C=C\C/C=C\C/C=C\C/C=C\CCCC(=O)O[C@H](COCCCCCCCCC/C=C\CCCCCCC=O)COP(=O)(O)OC[C@@H](O)COP(=O)(O)OC[C@@H](COC(=O)CCCCCCC/C=C\C/C=C\CCCCC)OC(=O)CCCCCCC/C=C\C=C/CCCCCC. The molecule has 0 aromatic heterocycles. The van der Waals surface area contributed by atoms with Gasteiger partial charge in [-0.05, 0) is 154 Å². The van der Waals surface area contributed by atoms with E-state index in [2.05, 4.69) is 124 Å².